The first-order valence-corrected chi connectivity index (χ1v) is 11.9. The maximum atomic E-state index is 13.5. The first kappa shape index (κ1) is 26.4. The van der Waals surface area contributed by atoms with E-state index in [0.717, 1.165) is 23.0 Å². The van der Waals surface area contributed by atoms with Gasteiger partial charge in [0.15, 0.2) is 23.0 Å². The molecule has 0 saturated heterocycles. The summed E-state index contributed by atoms with van der Waals surface area (Å²) in [7, 11) is 5.08. The molecule has 2 heterocycles. The van der Waals surface area contributed by atoms with Crippen LogP contribution in [0, 0.1) is 0 Å². The van der Waals surface area contributed by atoms with Crippen LogP contribution in [-0.2, 0) is 19.1 Å². The monoisotopic (exact) mass is 540 g/mol. The van der Waals surface area contributed by atoms with E-state index in [-0.39, 0.29) is 49.2 Å². The van der Waals surface area contributed by atoms with Crippen molar-refractivity contribution in [1.82, 2.24) is 4.57 Å². The van der Waals surface area contributed by atoms with Gasteiger partial charge in [-0.1, -0.05) is 12.1 Å². The van der Waals surface area contributed by atoms with Crippen molar-refractivity contribution in [2.45, 2.75) is 5.92 Å². The van der Waals surface area contributed by atoms with Gasteiger partial charge < -0.3 is 34.9 Å². The molecule has 38 heavy (non-hydrogen) atoms. The Kier molecular flexibility index (Phi) is 7.17. The summed E-state index contributed by atoms with van der Waals surface area (Å²) in [6.45, 7) is 0. The van der Waals surface area contributed by atoms with E-state index in [9.17, 15) is 24.6 Å². The number of nitrogens with two attached hydrogens (primary N) is 1. The van der Waals surface area contributed by atoms with E-state index in [0.29, 0.717) is 11.1 Å². The molecule has 1 atom stereocenters. The lowest BCUT2D eigenvalue weighted by Crippen LogP contribution is -2.41. The van der Waals surface area contributed by atoms with Crippen molar-refractivity contribution < 1.29 is 38.7 Å². The first-order valence-electron chi connectivity index (χ1n) is 11.0. The maximum Gasteiger partial charge on any atom is 0.338 e. The molecule has 0 spiro atoms. The van der Waals surface area contributed by atoms with Gasteiger partial charge in [-0.05, 0) is 41.5 Å². The summed E-state index contributed by atoms with van der Waals surface area (Å²) < 4.78 is 21.8. The minimum atomic E-state index is -1.11. The molecule has 0 bridgehead atoms. The highest BCUT2D eigenvalue weighted by molar-refractivity contribution is 7.07. The number of phenols is 2. The van der Waals surface area contributed by atoms with E-state index in [4.69, 9.17) is 24.7 Å². The lowest BCUT2D eigenvalue weighted by molar-refractivity contribution is -0.136. The van der Waals surface area contributed by atoms with Crippen LogP contribution in [0.3, 0.4) is 0 Å². The second-order valence-electron chi connectivity index (χ2n) is 8.05. The van der Waals surface area contributed by atoms with E-state index in [1.54, 1.807) is 12.1 Å². The van der Waals surface area contributed by atoms with Gasteiger partial charge in [0.05, 0.1) is 50.0 Å². The highest BCUT2D eigenvalue weighted by Gasteiger charge is 2.40. The predicted molar refractivity (Wildman–Crippen MR) is 138 cm³/mol. The molecule has 0 fully saturated rings. The summed E-state index contributed by atoms with van der Waals surface area (Å²) in [5.74, 6) is -2.92. The molecule has 1 aliphatic heterocycles. The number of methoxy groups -OCH3 is 4. The Bertz CT molecular complexity index is 1670. The Morgan fingerprint density at radius 1 is 0.921 bits per heavy atom. The van der Waals surface area contributed by atoms with E-state index >= 15 is 0 Å². The zero-order valence-electron chi connectivity index (χ0n) is 20.8. The number of hydrogen-bond donors (Lipinski definition) is 3. The number of ether oxygens (including phenoxy) is 4. The summed E-state index contributed by atoms with van der Waals surface area (Å²) in [5, 5.41) is 20.0. The highest BCUT2D eigenvalue weighted by Crippen LogP contribution is 2.40. The Morgan fingerprint density at radius 2 is 1.50 bits per heavy atom. The quantitative estimate of drug-likeness (QED) is 0.378. The third kappa shape index (κ3) is 4.34. The molecule has 0 radical (unpaired) electrons. The number of rotatable bonds is 6. The molecule has 3 aromatic rings. The third-order valence-corrected chi connectivity index (χ3v) is 7.11. The van der Waals surface area contributed by atoms with Crippen LogP contribution in [0.25, 0.3) is 17.5 Å². The van der Waals surface area contributed by atoms with Crippen molar-refractivity contribution in [3.63, 3.8) is 0 Å². The number of hydrogen-bond acceptors (Lipinski definition) is 11. The SMILES string of the molecule is COC(=O)C1=C(N)n2c(sc(=Cc3ccc(O)c(OC)c3)c2=O)=C(C(=O)OC)[C@H]1c1ccc(O)c(OC)c1. The Balaban J connectivity index is 2.11. The van der Waals surface area contributed by atoms with Crippen LogP contribution in [-0.4, -0.2) is 55.2 Å². The highest BCUT2D eigenvalue weighted by atomic mass is 32.1. The largest absolute Gasteiger partial charge is 0.504 e. The van der Waals surface area contributed by atoms with E-state index < -0.39 is 23.4 Å². The standard InChI is InChI=1S/C26H24N2O9S/c1-34-16-9-12(5-7-14(16)29)10-18-23(31)28-22(27)20(25(32)36-3)19(21(24(28)38-18)26(33)37-4)13-6-8-15(30)17(11-13)35-2/h5-11,19,29-30H,27H2,1-4H3/t19-/m0/s1. The van der Waals surface area contributed by atoms with Crippen LogP contribution >= 0.6 is 11.3 Å². The number of thiazole rings is 1. The van der Waals surface area contributed by atoms with Crippen molar-refractivity contribution in [3.8, 4) is 23.0 Å². The molecule has 4 rings (SSSR count). The fourth-order valence-corrected chi connectivity index (χ4v) is 5.37. The predicted octanol–water partition coefficient (Wildman–Crippen LogP) is 0.588. The van der Waals surface area contributed by atoms with Crippen LogP contribution in [0.1, 0.15) is 17.0 Å². The van der Waals surface area contributed by atoms with Crippen LogP contribution < -0.4 is 30.0 Å². The fraction of sp³-hybridized carbons (Fsp3) is 0.192. The van der Waals surface area contributed by atoms with Crippen LogP contribution in [0.5, 0.6) is 23.0 Å². The van der Waals surface area contributed by atoms with Gasteiger partial charge in [-0.2, -0.15) is 0 Å². The maximum absolute atomic E-state index is 13.5. The Hall–Kier alpha value is -4.71. The molecule has 12 heteroatoms. The molecular formula is C26H24N2O9S. The third-order valence-electron chi connectivity index (χ3n) is 6.00. The number of carbonyl (C=O) groups is 2. The summed E-state index contributed by atoms with van der Waals surface area (Å²) >= 11 is 0.970. The van der Waals surface area contributed by atoms with Gasteiger partial charge in [0.1, 0.15) is 10.5 Å². The molecule has 0 unspecified atom stereocenters. The molecule has 4 N–H and O–H groups in total. The van der Waals surface area contributed by atoms with E-state index in [1.807, 2.05) is 0 Å². The minimum Gasteiger partial charge on any atom is -0.504 e. The number of phenolic OH excluding ortho intramolecular Hbond substituents is 2. The molecule has 198 valence electrons. The van der Waals surface area contributed by atoms with Crippen molar-refractivity contribution in [2.24, 2.45) is 5.73 Å². The molecule has 1 aromatic heterocycles. The fourth-order valence-electron chi connectivity index (χ4n) is 4.21. The van der Waals surface area contributed by atoms with Gasteiger partial charge in [-0.3, -0.25) is 9.36 Å². The number of aromatic hydroxyl groups is 2. The van der Waals surface area contributed by atoms with Crippen LogP contribution in [0.4, 0.5) is 0 Å². The number of carbonyl (C=O) groups excluding carboxylic acids is 2. The topological polar surface area (TPSA) is 160 Å². The second-order valence-corrected chi connectivity index (χ2v) is 9.08. The average molecular weight is 541 g/mol. The van der Waals surface area contributed by atoms with Gasteiger partial charge >= 0.3 is 11.9 Å². The van der Waals surface area contributed by atoms with Gasteiger partial charge in [-0.15, -0.1) is 11.3 Å². The molecule has 11 nitrogen and oxygen atoms in total. The van der Waals surface area contributed by atoms with Crippen molar-refractivity contribution in [1.29, 1.82) is 0 Å². The number of aromatic nitrogens is 1. The zero-order valence-corrected chi connectivity index (χ0v) is 21.6. The van der Waals surface area contributed by atoms with Gasteiger partial charge in [0, 0.05) is 0 Å². The molecule has 2 aromatic carbocycles. The van der Waals surface area contributed by atoms with Gasteiger partial charge in [-0.25, -0.2) is 9.59 Å². The lowest BCUT2D eigenvalue weighted by atomic mass is 9.83. The van der Waals surface area contributed by atoms with Crippen LogP contribution in [0.2, 0.25) is 0 Å². The lowest BCUT2D eigenvalue weighted by Gasteiger charge is -2.26. The van der Waals surface area contributed by atoms with Crippen LogP contribution in [0.15, 0.2) is 46.8 Å². The molecular weight excluding hydrogens is 516 g/mol. The number of nitrogens with zero attached hydrogens (tertiary/aromatic N) is 1. The number of esters is 2. The number of benzene rings is 2. The summed E-state index contributed by atoms with van der Waals surface area (Å²) in [4.78, 5) is 39.7. The first-order chi connectivity index (χ1) is 18.2. The van der Waals surface area contributed by atoms with Gasteiger partial charge in [0.2, 0.25) is 0 Å². The van der Waals surface area contributed by atoms with E-state index in [1.165, 1.54) is 51.7 Å². The minimum absolute atomic E-state index is 0.0279. The normalized spacial score (nSPS) is 15.2. The Morgan fingerprint density at radius 3 is 2.11 bits per heavy atom. The van der Waals surface area contributed by atoms with Gasteiger partial charge in [0.25, 0.3) is 5.56 Å². The molecule has 1 aliphatic rings. The summed E-state index contributed by atoms with van der Waals surface area (Å²) in [6.07, 6.45) is 1.54. The number of fused-ring (bicyclic) bond motifs is 1. The average Bonchev–Trinajstić information content (AvgIpc) is 3.24. The zero-order chi connectivity index (χ0) is 27.7. The van der Waals surface area contributed by atoms with E-state index in [2.05, 4.69) is 0 Å². The molecule has 0 saturated carbocycles. The molecule has 0 aliphatic carbocycles. The van der Waals surface area contributed by atoms with Crippen molar-refractivity contribution in [2.75, 3.05) is 28.4 Å². The summed E-state index contributed by atoms with van der Waals surface area (Å²) in [6, 6.07) is 8.83. The van der Waals surface area contributed by atoms with Crippen molar-refractivity contribution in [3.05, 3.63) is 72.6 Å². The molecule has 0 amide bonds. The smallest absolute Gasteiger partial charge is 0.338 e. The Labute approximate surface area is 219 Å². The second kappa shape index (κ2) is 10.3. The van der Waals surface area contributed by atoms with Crippen molar-refractivity contribution >= 4 is 40.7 Å². The summed E-state index contributed by atoms with van der Waals surface area (Å²) in [5.41, 5.74) is 6.53.